The van der Waals surface area contributed by atoms with Gasteiger partial charge in [-0.05, 0) is 38.5 Å². The fourth-order valence-corrected chi connectivity index (χ4v) is 2.19. The molecule has 0 bridgehead atoms. The average Bonchev–Trinajstić information content (AvgIpc) is 2.85. The van der Waals surface area contributed by atoms with E-state index in [4.69, 9.17) is 5.73 Å². The van der Waals surface area contributed by atoms with Crippen molar-refractivity contribution in [1.82, 2.24) is 14.8 Å². The van der Waals surface area contributed by atoms with Crippen LogP contribution in [0.5, 0.6) is 0 Å². The largest absolute Gasteiger partial charge is 0.324 e. The SMILES string of the molecule is CCCC(C)(N)C(=O)Nc1cccc(-n2cnnc2C)c1. The Hall–Kier alpha value is -2.21. The molecular formula is C15H21N5O. The molecule has 0 aliphatic carbocycles. The number of hydrogen-bond acceptors (Lipinski definition) is 4. The number of carbonyl (C=O) groups excluding carboxylic acids is 1. The van der Waals surface area contributed by atoms with E-state index in [0.29, 0.717) is 12.1 Å². The van der Waals surface area contributed by atoms with Crippen LogP contribution in [0.2, 0.25) is 0 Å². The van der Waals surface area contributed by atoms with Crippen molar-refractivity contribution in [2.45, 2.75) is 39.2 Å². The van der Waals surface area contributed by atoms with Gasteiger partial charge in [0.15, 0.2) is 0 Å². The van der Waals surface area contributed by atoms with Gasteiger partial charge in [0.2, 0.25) is 5.91 Å². The average molecular weight is 287 g/mol. The Morgan fingerprint density at radius 3 is 2.86 bits per heavy atom. The summed E-state index contributed by atoms with van der Waals surface area (Å²) in [5.41, 5.74) is 6.77. The number of benzene rings is 1. The zero-order valence-corrected chi connectivity index (χ0v) is 12.6. The Labute approximate surface area is 124 Å². The van der Waals surface area contributed by atoms with E-state index in [0.717, 1.165) is 17.9 Å². The molecule has 0 aliphatic heterocycles. The maximum Gasteiger partial charge on any atom is 0.244 e. The highest BCUT2D eigenvalue weighted by Crippen LogP contribution is 2.18. The third-order valence-electron chi connectivity index (χ3n) is 3.39. The molecular weight excluding hydrogens is 266 g/mol. The molecule has 1 atom stereocenters. The van der Waals surface area contributed by atoms with Crippen LogP contribution in [0.3, 0.4) is 0 Å². The lowest BCUT2D eigenvalue weighted by molar-refractivity contribution is -0.120. The molecule has 0 saturated heterocycles. The standard InChI is InChI=1S/C15H21N5O/c1-4-8-15(3,16)14(21)18-12-6-5-7-13(9-12)20-10-17-19-11(20)2/h5-7,9-10H,4,8,16H2,1-3H3,(H,18,21). The Bertz CT molecular complexity index is 632. The molecule has 1 aromatic carbocycles. The maximum absolute atomic E-state index is 12.2. The van der Waals surface area contributed by atoms with Gasteiger partial charge in [-0.3, -0.25) is 9.36 Å². The summed E-state index contributed by atoms with van der Waals surface area (Å²) in [5.74, 6) is 0.607. The normalized spacial score (nSPS) is 13.7. The van der Waals surface area contributed by atoms with Gasteiger partial charge in [0.05, 0.1) is 11.2 Å². The maximum atomic E-state index is 12.2. The van der Waals surface area contributed by atoms with E-state index in [1.54, 1.807) is 13.3 Å². The van der Waals surface area contributed by atoms with Crippen molar-refractivity contribution in [1.29, 1.82) is 0 Å². The van der Waals surface area contributed by atoms with Crippen LogP contribution in [-0.2, 0) is 4.79 Å². The van der Waals surface area contributed by atoms with Crippen LogP contribution in [0.4, 0.5) is 5.69 Å². The minimum Gasteiger partial charge on any atom is -0.324 e. The molecule has 112 valence electrons. The Kier molecular flexibility index (Phi) is 4.37. The number of aryl methyl sites for hydroxylation is 1. The van der Waals surface area contributed by atoms with E-state index < -0.39 is 5.54 Å². The van der Waals surface area contributed by atoms with Gasteiger partial charge in [-0.2, -0.15) is 0 Å². The number of nitrogens with two attached hydrogens (primary N) is 1. The predicted molar refractivity (Wildman–Crippen MR) is 82.2 cm³/mol. The lowest BCUT2D eigenvalue weighted by Crippen LogP contribution is -2.48. The molecule has 1 aromatic heterocycles. The molecule has 2 rings (SSSR count). The molecule has 1 amide bonds. The highest BCUT2D eigenvalue weighted by molar-refractivity contribution is 5.97. The van der Waals surface area contributed by atoms with E-state index in [1.165, 1.54) is 0 Å². The van der Waals surface area contributed by atoms with Gasteiger partial charge >= 0.3 is 0 Å². The van der Waals surface area contributed by atoms with Gasteiger partial charge in [0.25, 0.3) is 0 Å². The molecule has 6 nitrogen and oxygen atoms in total. The topological polar surface area (TPSA) is 85.8 Å². The van der Waals surface area contributed by atoms with E-state index >= 15 is 0 Å². The molecule has 0 saturated carbocycles. The first-order valence-corrected chi connectivity index (χ1v) is 7.01. The smallest absolute Gasteiger partial charge is 0.244 e. The third-order valence-corrected chi connectivity index (χ3v) is 3.39. The van der Waals surface area contributed by atoms with Crippen molar-refractivity contribution < 1.29 is 4.79 Å². The minimum absolute atomic E-state index is 0.179. The number of carbonyl (C=O) groups is 1. The van der Waals surface area contributed by atoms with Gasteiger partial charge in [-0.1, -0.05) is 19.4 Å². The quantitative estimate of drug-likeness (QED) is 0.881. The fraction of sp³-hybridized carbons (Fsp3) is 0.400. The number of anilines is 1. The molecule has 21 heavy (non-hydrogen) atoms. The van der Waals surface area contributed by atoms with Crippen LogP contribution in [0, 0.1) is 6.92 Å². The second kappa shape index (κ2) is 6.05. The molecule has 1 unspecified atom stereocenters. The summed E-state index contributed by atoms with van der Waals surface area (Å²) in [4.78, 5) is 12.2. The number of nitrogens with one attached hydrogen (secondary N) is 1. The van der Waals surface area contributed by atoms with Crippen LogP contribution in [0.25, 0.3) is 5.69 Å². The summed E-state index contributed by atoms with van der Waals surface area (Å²) in [6.07, 6.45) is 3.14. The monoisotopic (exact) mass is 287 g/mol. The Morgan fingerprint density at radius 2 is 2.24 bits per heavy atom. The highest BCUT2D eigenvalue weighted by Gasteiger charge is 2.27. The van der Waals surface area contributed by atoms with E-state index in [2.05, 4.69) is 15.5 Å². The van der Waals surface area contributed by atoms with Crippen LogP contribution in [0.1, 0.15) is 32.5 Å². The van der Waals surface area contributed by atoms with Crippen molar-refractivity contribution in [3.63, 3.8) is 0 Å². The lowest BCUT2D eigenvalue weighted by Gasteiger charge is -2.23. The van der Waals surface area contributed by atoms with Gasteiger partial charge in [-0.25, -0.2) is 0 Å². The van der Waals surface area contributed by atoms with Crippen LogP contribution >= 0.6 is 0 Å². The molecule has 0 fully saturated rings. The summed E-state index contributed by atoms with van der Waals surface area (Å²) in [6, 6.07) is 7.51. The third kappa shape index (κ3) is 3.46. The second-order valence-corrected chi connectivity index (χ2v) is 5.42. The van der Waals surface area contributed by atoms with Crippen LogP contribution in [0.15, 0.2) is 30.6 Å². The molecule has 6 heteroatoms. The number of aromatic nitrogens is 3. The van der Waals surface area contributed by atoms with Gasteiger partial charge < -0.3 is 11.1 Å². The summed E-state index contributed by atoms with van der Waals surface area (Å²) in [6.45, 7) is 5.63. The summed E-state index contributed by atoms with van der Waals surface area (Å²) >= 11 is 0. The zero-order valence-electron chi connectivity index (χ0n) is 12.6. The predicted octanol–water partition coefficient (Wildman–Crippen LogP) is 2.03. The fourth-order valence-electron chi connectivity index (χ4n) is 2.19. The first-order chi connectivity index (χ1) is 9.94. The van der Waals surface area contributed by atoms with Crippen LogP contribution < -0.4 is 11.1 Å². The van der Waals surface area contributed by atoms with E-state index in [9.17, 15) is 4.79 Å². The number of rotatable bonds is 5. The second-order valence-electron chi connectivity index (χ2n) is 5.42. The zero-order chi connectivity index (χ0) is 15.5. The highest BCUT2D eigenvalue weighted by atomic mass is 16.2. The van der Waals surface area contributed by atoms with E-state index in [1.807, 2.05) is 42.7 Å². The molecule has 3 N–H and O–H groups in total. The first-order valence-electron chi connectivity index (χ1n) is 7.01. The van der Waals surface area contributed by atoms with Crippen molar-refractivity contribution in [2.75, 3.05) is 5.32 Å². The lowest BCUT2D eigenvalue weighted by atomic mass is 9.96. The number of nitrogens with zero attached hydrogens (tertiary/aromatic N) is 3. The van der Waals surface area contributed by atoms with Crippen LogP contribution in [-0.4, -0.2) is 26.2 Å². The summed E-state index contributed by atoms with van der Waals surface area (Å²) < 4.78 is 1.85. The number of amides is 1. The molecule has 2 aromatic rings. The van der Waals surface area contributed by atoms with Crippen molar-refractivity contribution in [3.8, 4) is 5.69 Å². The van der Waals surface area contributed by atoms with E-state index in [-0.39, 0.29) is 5.91 Å². The molecule has 0 aliphatic rings. The van der Waals surface area contributed by atoms with Gasteiger partial charge in [0, 0.05) is 5.69 Å². The first kappa shape index (κ1) is 15.2. The van der Waals surface area contributed by atoms with Gasteiger partial charge in [-0.15, -0.1) is 10.2 Å². The van der Waals surface area contributed by atoms with Crippen molar-refractivity contribution >= 4 is 11.6 Å². The minimum atomic E-state index is -0.864. The summed E-state index contributed by atoms with van der Waals surface area (Å²) in [7, 11) is 0. The van der Waals surface area contributed by atoms with Crippen molar-refractivity contribution in [2.24, 2.45) is 5.73 Å². The molecule has 0 spiro atoms. The van der Waals surface area contributed by atoms with Gasteiger partial charge in [0.1, 0.15) is 12.2 Å². The summed E-state index contributed by atoms with van der Waals surface area (Å²) in [5, 5.41) is 10.7. The Balaban J connectivity index is 2.19. The Morgan fingerprint density at radius 1 is 1.48 bits per heavy atom. The molecule has 1 heterocycles. The number of hydrogen-bond donors (Lipinski definition) is 2. The van der Waals surface area contributed by atoms with Crippen molar-refractivity contribution in [3.05, 3.63) is 36.4 Å². The molecule has 0 radical (unpaired) electrons.